The molecule has 21 heavy (non-hydrogen) atoms. The highest BCUT2D eigenvalue weighted by Gasteiger charge is 2.25. The monoisotopic (exact) mass is 285 g/mol. The van der Waals surface area contributed by atoms with Gasteiger partial charge >= 0.3 is 0 Å². The summed E-state index contributed by atoms with van der Waals surface area (Å²) < 4.78 is 5.99. The minimum atomic E-state index is 0.652. The lowest BCUT2D eigenvalue weighted by Gasteiger charge is -2.33. The predicted octanol–water partition coefficient (Wildman–Crippen LogP) is 4.91. The van der Waals surface area contributed by atoms with Crippen molar-refractivity contribution in [2.24, 2.45) is 11.8 Å². The number of para-hydroxylation sites is 1. The van der Waals surface area contributed by atoms with E-state index in [2.05, 4.69) is 44.3 Å². The van der Waals surface area contributed by atoms with Gasteiger partial charge in [-0.2, -0.15) is 0 Å². The van der Waals surface area contributed by atoms with E-state index in [4.69, 9.17) is 4.42 Å². The molecule has 0 aliphatic heterocycles. The van der Waals surface area contributed by atoms with E-state index in [1.54, 1.807) is 0 Å². The van der Waals surface area contributed by atoms with E-state index in [1.165, 1.54) is 30.2 Å². The van der Waals surface area contributed by atoms with Gasteiger partial charge in [-0.3, -0.25) is 0 Å². The van der Waals surface area contributed by atoms with E-state index in [-0.39, 0.29) is 0 Å². The summed E-state index contributed by atoms with van der Waals surface area (Å²) in [6.07, 6.45) is 4.97. The number of hydrogen-bond donors (Lipinski definition) is 1. The first-order valence-corrected chi connectivity index (χ1v) is 8.41. The number of nitrogens with one attached hydrogen (secondary N) is 1. The van der Waals surface area contributed by atoms with E-state index in [9.17, 15) is 0 Å². The van der Waals surface area contributed by atoms with Crippen LogP contribution in [0, 0.1) is 11.8 Å². The van der Waals surface area contributed by atoms with Crippen LogP contribution >= 0.6 is 0 Å². The molecule has 3 atom stereocenters. The summed E-state index contributed by atoms with van der Waals surface area (Å²) in [6, 6.07) is 9.06. The summed E-state index contributed by atoms with van der Waals surface area (Å²) in [6.45, 7) is 7.88. The Morgan fingerprint density at radius 2 is 2.00 bits per heavy atom. The number of furan rings is 1. The van der Waals surface area contributed by atoms with Crippen molar-refractivity contribution in [2.75, 3.05) is 0 Å². The van der Waals surface area contributed by atoms with Gasteiger partial charge in [0.25, 0.3) is 0 Å². The molecular weight excluding hydrogens is 258 g/mol. The second-order valence-corrected chi connectivity index (χ2v) is 6.74. The van der Waals surface area contributed by atoms with E-state index in [0.29, 0.717) is 6.04 Å². The third-order valence-corrected chi connectivity index (χ3v) is 5.08. The van der Waals surface area contributed by atoms with E-state index >= 15 is 0 Å². The van der Waals surface area contributed by atoms with Crippen LogP contribution < -0.4 is 5.32 Å². The molecule has 1 aromatic carbocycles. The zero-order valence-corrected chi connectivity index (χ0v) is 13.5. The molecule has 0 amide bonds. The fraction of sp³-hybridized carbons (Fsp3) is 0.579. The first-order chi connectivity index (χ1) is 10.2. The molecule has 1 heterocycles. The van der Waals surface area contributed by atoms with Crippen LogP contribution in [0.2, 0.25) is 0 Å². The Bertz CT molecular complexity index is 601. The largest absolute Gasteiger partial charge is 0.461 e. The summed E-state index contributed by atoms with van der Waals surface area (Å²) in [5.41, 5.74) is 2.38. The van der Waals surface area contributed by atoms with Gasteiger partial charge in [0.2, 0.25) is 0 Å². The molecule has 2 nitrogen and oxygen atoms in total. The van der Waals surface area contributed by atoms with E-state index < -0.39 is 0 Å². The Kier molecular flexibility index (Phi) is 4.34. The first-order valence-electron chi connectivity index (χ1n) is 8.41. The van der Waals surface area contributed by atoms with E-state index in [1.807, 2.05) is 6.07 Å². The van der Waals surface area contributed by atoms with Gasteiger partial charge in [-0.15, -0.1) is 0 Å². The molecule has 0 saturated heterocycles. The van der Waals surface area contributed by atoms with Crippen LogP contribution in [-0.2, 0) is 13.0 Å². The van der Waals surface area contributed by atoms with Gasteiger partial charge in [-0.1, -0.05) is 39.0 Å². The molecular formula is C19H27NO. The Morgan fingerprint density at radius 3 is 2.76 bits per heavy atom. The highest BCUT2D eigenvalue weighted by molar-refractivity contribution is 5.82. The maximum atomic E-state index is 5.99. The molecule has 3 rings (SSSR count). The summed E-state index contributed by atoms with van der Waals surface area (Å²) in [4.78, 5) is 0. The van der Waals surface area contributed by atoms with Gasteiger partial charge < -0.3 is 9.73 Å². The molecule has 2 heteroatoms. The molecule has 1 N–H and O–H groups in total. The van der Waals surface area contributed by atoms with Crippen molar-refractivity contribution in [3.8, 4) is 0 Å². The quantitative estimate of drug-likeness (QED) is 0.863. The van der Waals surface area contributed by atoms with Crippen LogP contribution in [0.5, 0.6) is 0 Å². The summed E-state index contributed by atoms with van der Waals surface area (Å²) >= 11 is 0. The molecule has 1 aliphatic rings. The van der Waals surface area contributed by atoms with Crippen molar-refractivity contribution in [3.63, 3.8) is 0 Å². The Labute approximate surface area is 127 Å². The van der Waals surface area contributed by atoms with Crippen LogP contribution in [0.25, 0.3) is 11.0 Å². The topological polar surface area (TPSA) is 25.2 Å². The smallest absolute Gasteiger partial charge is 0.134 e. The molecule has 1 saturated carbocycles. The highest BCUT2D eigenvalue weighted by Crippen LogP contribution is 2.30. The second-order valence-electron chi connectivity index (χ2n) is 6.74. The zero-order chi connectivity index (χ0) is 14.8. The van der Waals surface area contributed by atoms with Gasteiger partial charge in [0, 0.05) is 30.0 Å². The second kappa shape index (κ2) is 6.23. The average Bonchev–Trinajstić information content (AvgIpc) is 2.84. The lowest BCUT2D eigenvalue weighted by Crippen LogP contribution is -2.38. The van der Waals surface area contributed by atoms with Crippen LogP contribution in [0.15, 0.2) is 28.7 Å². The maximum absolute atomic E-state index is 5.99. The fourth-order valence-electron chi connectivity index (χ4n) is 3.83. The van der Waals surface area contributed by atoms with Gasteiger partial charge in [0.15, 0.2) is 0 Å². The predicted molar refractivity (Wildman–Crippen MR) is 88.4 cm³/mol. The molecule has 1 aliphatic carbocycles. The summed E-state index contributed by atoms with van der Waals surface area (Å²) in [5.74, 6) is 2.80. The van der Waals surface area contributed by atoms with Crippen molar-refractivity contribution in [2.45, 2.75) is 59.0 Å². The lowest BCUT2D eigenvalue weighted by molar-refractivity contribution is 0.227. The Morgan fingerprint density at radius 1 is 1.19 bits per heavy atom. The molecule has 1 aromatic heterocycles. The Balaban J connectivity index is 1.75. The first kappa shape index (κ1) is 14.6. The third kappa shape index (κ3) is 3.01. The van der Waals surface area contributed by atoms with Crippen molar-refractivity contribution >= 4 is 11.0 Å². The lowest BCUT2D eigenvalue weighted by atomic mass is 9.80. The summed E-state index contributed by atoms with van der Waals surface area (Å²) in [7, 11) is 0. The zero-order valence-electron chi connectivity index (χ0n) is 13.5. The number of rotatable bonds is 4. The minimum absolute atomic E-state index is 0.652. The van der Waals surface area contributed by atoms with Crippen molar-refractivity contribution in [1.82, 2.24) is 5.32 Å². The fourth-order valence-corrected chi connectivity index (χ4v) is 3.83. The third-order valence-electron chi connectivity index (χ3n) is 5.08. The highest BCUT2D eigenvalue weighted by atomic mass is 16.3. The number of fused-ring (bicyclic) bond motifs is 1. The molecule has 0 radical (unpaired) electrons. The molecule has 3 unspecified atom stereocenters. The van der Waals surface area contributed by atoms with Crippen molar-refractivity contribution in [1.29, 1.82) is 0 Å². The number of aryl methyl sites for hydroxylation is 1. The maximum Gasteiger partial charge on any atom is 0.134 e. The number of benzene rings is 1. The van der Waals surface area contributed by atoms with Crippen molar-refractivity contribution in [3.05, 3.63) is 35.6 Å². The minimum Gasteiger partial charge on any atom is -0.461 e. The molecule has 0 spiro atoms. The normalized spacial score (nSPS) is 26.3. The number of hydrogen-bond acceptors (Lipinski definition) is 2. The van der Waals surface area contributed by atoms with Gasteiger partial charge in [-0.05, 0) is 37.2 Å². The molecule has 114 valence electrons. The van der Waals surface area contributed by atoms with Gasteiger partial charge in [-0.25, -0.2) is 0 Å². The standard InChI is InChI=1S/C19H27NO/c1-4-18-16(15-7-5-6-8-19(15)21-18)12-20-17-10-9-13(2)11-14(17)3/h5-8,13-14,17,20H,4,9-12H2,1-3H3. The molecule has 2 aromatic rings. The van der Waals surface area contributed by atoms with Crippen LogP contribution in [0.3, 0.4) is 0 Å². The van der Waals surface area contributed by atoms with Crippen LogP contribution in [0.4, 0.5) is 0 Å². The van der Waals surface area contributed by atoms with Gasteiger partial charge in [0.05, 0.1) is 0 Å². The Hall–Kier alpha value is -1.28. The van der Waals surface area contributed by atoms with Crippen LogP contribution in [-0.4, -0.2) is 6.04 Å². The van der Waals surface area contributed by atoms with Gasteiger partial charge in [0.1, 0.15) is 11.3 Å². The van der Waals surface area contributed by atoms with Crippen LogP contribution in [0.1, 0.15) is 51.4 Å². The SMILES string of the molecule is CCc1oc2ccccc2c1CNC1CCC(C)CC1C. The summed E-state index contributed by atoms with van der Waals surface area (Å²) in [5, 5.41) is 5.08. The molecule has 1 fully saturated rings. The van der Waals surface area contributed by atoms with E-state index in [0.717, 1.165) is 36.1 Å². The molecule has 0 bridgehead atoms. The average molecular weight is 285 g/mol. The van der Waals surface area contributed by atoms with Crippen molar-refractivity contribution < 1.29 is 4.42 Å².